The number of hydrogen-bond donors (Lipinski definition) is 1. The molecular formula is C17H28N2O. The normalized spacial score (nSPS) is 26.6. The number of ether oxygens (including phenoxy) is 1. The summed E-state index contributed by atoms with van der Waals surface area (Å²) < 4.78 is 6.22. The molecule has 3 heteroatoms. The third-order valence-corrected chi connectivity index (χ3v) is 4.56. The molecule has 0 aliphatic heterocycles. The second-order valence-corrected chi connectivity index (χ2v) is 6.28. The molecule has 2 rings (SSSR count). The number of pyridine rings is 1. The van der Waals surface area contributed by atoms with E-state index in [1.807, 2.05) is 12.4 Å². The van der Waals surface area contributed by atoms with E-state index in [-0.39, 0.29) is 5.60 Å². The molecular weight excluding hydrogens is 248 g/mol. The van der Waals surface area contributed by atoms with Crippen LogP contribution in [0.15, 0.2) is 18.5 Å². The summed E-state index contributed by atoms with van der Waals surface area (Å²) in [5.74, 6) is 0.879. The molecule has 0 radical (unpaired) electrons. The van der Waals surface area contributed by atoms with Gasteiger partial charge < -0.3 is 10.5 Å². The molecule has 0 bridgehead atoms. The van der Waals surface area contributed by atoms with E-state index in [1.54, 1.807) is 0 Å². The molecule has 1 fully saturated rings. The molecule has 1 aliphatic rings. The van der Waals surface area contributed by atoms with Gasteiger partial charge in [0.25, 0.3) is 0 Å². The van der Waals surface area contributed by atoms with Crippen molar-refractivity contribution in [2.45, 2.75) is 64.6 Å². The van der Waals surface area contributed by atoms with E-state index in [0.29, 0.717) is 13.2 Å². The Hall–Kier alpha value is -0.930. The van der Waals surface area contributed by atoms with Gasteiger partial charge in [-0.2, -0.15) is 0 Å². The first-order chi connectivity index (χ1) is 9.67. The van der Waals surface area contributed by atoms with Crippen LogP contribution in [-0.2, 0) is 11.3 Å². The summed E-state index contributed by atoms with van der Waals surface area (Å²) >= 11 is 0. The number of nitrogens with zero attached hydrogens (tertiary/aromatic N) is 1. The van der Waals surface area contributed by atoms with Crippen molar-refractivity contribution < 1.29 is 4.74 Å². The van der Waals surface area contributed by atoms with Crippen LogP contribution in [0.3, 0.4) is 0 Å². The standard InChI is InChI=1S/C17H28N2O/c1-3-4-15-5-7-17(13-18,8-6-15)20-12-16-9-14(2)10-19-11-16/h9-11,15H,3-8,12-13,18H2,1-2H3. The van der Waals surface area contributed by atoms with Crippen molar-refractivity contribution >= 4 is 0 Å². The molecule has 3 nitrogen and oxygen atoms in total. The van der Waals surface area contributed by atoms with Crippen LogP contribution in [0.1, 0.15) is 56.6 Å². The number of aromatic nitrogens is 1. The van der Waals surface area contributed by atoms with Crippen molar-refractivity contribution in [1.29, 1.82) is 0 Å². The quantitative estimate of drug-likeness (QED) is 0.863. The van der Waals surface area contributed by atoms with Crippen molar-refractivity contribution in [3.8, 4) is 0 Å². The molecule has 1 heterocycles. The van der Waals surface area contributed by atoms with Crippen LogP contribution in [0, 0.1) is 12.8 Å². The third-order valence-electron chi connectivity index (χ3n) is 4.56. The van der Waals surface area contributed by atoms with Crippen molar-refractivity contribution in [3.63, 3.8) is 0 Å². The van der Waals surface area contributed by atoms with E-state index in [2.05, 4.69) is 24.9 Å². The molecule has 0 atom stereocenters. The van der Waals surface area contributed by atoms with E-state index >= 15 is 0 Å². The topological polar surface area (TPSA) is 48.1 Å². The second-order valence-electron chi connectivity index (χ2n) is 6.28. The van der Waals surface area contributed by atoms with Crippen LogP contribution < -0.4 is 5.73 Å². The molecule has 112 valence electrons. The van der Waals surface area contributed by atoms with Crippen LogP contribution >= 0.6 is 0 Å². The zero-order chi connectivity index (χ0) is 14.4. The molecule has 0 unspecified atom stereocenters. The Kier molecular flexibility index (Phi) is 5.55. The van der Waals surface area contributed by atoms with Crippen molar-refractivity contribution in [3.05, 3.63) is 29.6 Å². The van der Waals surface area contributed by atoms with Crippen LogP contribution in [-0.4, -0.2) is 17.1 Å². The minimum atomic E-state index is -0.103. The summed E-state index contributed by atoms with van der Waals surface area (Å²) in [5, 5.41) is 0. The Balaban J connectivity index is 1.89. The highest BCUT2D eigenvalue weighted by Gasteiger charge is 2.34. The smallest absolute Gasteiger partial charge is 0.0808 e. The number of hydrogen-bond acceptors (Lipinski definition) is 3. The molecule has 1 aromatic rings. The summed E-state index contributed by atoms with van der Waals surface area (Å²) in [7, 11) is 0. The van der Waals surface area contributed by atoms with Gasteiger partial charge in [0.15, 0.2) is 0 Å². The van der Waals surface area contributed by atoms with Crippen LogP contribution in [0.25, 0.3) is 0 Å². The summed E-state index contributed by atoms with van der Waals surface area (Å²) in [6.45, 7) is 5.59. The molecule has 0 saturated heterocycles. The lowest BCUT2D eigenvalue weighted by atomic mass is 9.77. The van der Waals surface area contributed by atoms with E-state index in [4.69, 9.17) is 10.5 Å². The van der Waals surface area contributed by atoms with Gasteiger partial charge in [-0.05, 0) is 49.7 Å². The number of aryl methyl sites for hydroxylation is 1. The fourth-order valence-corrected chi connectivity index (χ4v) is 3.24. The average Bonchev–Trinajstić information content (AvgIpc) is 2.47. The predicted molar refractivity (Wildman–Crippen MR) is 82.4 cm³/mol. The first-order valence-corrected chi connectivity index (χ1v) is 7.92. The third kappa shape index (κ3) is 4.03. The van der Waals surface area contributed by atoms with Gasteiger partial charge in [0.05, 0.1) is 12.2 Å². The SMILES string of the molecule is CCCC1CCC(CN)(OCc2cncc(C)c2)CC1. The first-order valence-electron chi connectivity index (χ1n) is 7.92. The predicted octanol–water partition coefficient (Wildman–Crippen LogP) is 3.59. The Morgan fingerprint density at radius 2 is 2.10 bits per heavy atom. The van der Waals surface area contributed by atoms with Gasteiger partial charge in [0.1, 0.15) is 0 Å². The molecule has 0 amide bonds. The minimum Gasteiger partial charge on any atom is -0.369 e. The highest BCUT2D eigenvalue weighted by atomic mass is 16.5. The van der Waals surface area contributed by atoms with Crippen LogP contribution in [0.5, 0.6) is 0 Å². The first kappa shape index (κ1) is 15.5. The van der Waals surface area contributed by atoms with Crippen molar-refractivity contribution in [2.75, 3.05) is 6.54 Å². The van der Waals surface area contributed by atoms with Crippen LogP contribution in [0.4, 0.5) is 0 Å². The summed E-state index contributed by atoms with van der Waals surface area (Å²) in [5.41, 5.74) is 8.23. The Morgan fingerprint density at radius 1 is 1.35 bits per heavy atom. The van der Waals surface area contributed by atoms with Gasteiger partial charge in [-0.15, -0.1) is 0 Å². The van der Waals surface area contributed by atoms with Crippen molar-refractivity contribution in [1.82, 2.24) is 4.98 Å². The fraction of sp³-hybridized carbons (Fsp3) is 0.706. The van der Waals surface area contributed by atoms with Gasteiger partial charge in [0, 0.05) is 18.9 Å². The fourth-order valence-electron chi connectivity index (χ4n) is 3.24. The van der Waals surface area contributed by atoms with E-state index < -0.39 is 0 Å². The van der Waals surface area contributed by atoms with E-state index in [9.17, 15) is 0 Å². The molecule has 0 aromatic carbocycles. The van der Waals surface area contributed by atoms with Gasteiger partial charge in [0.2, 0.25) is 0 Å². The van der Waals surface area contributed by atoms with E-state index in [0.717, 1.165) is 24.3 Å². The average molecular weight is 276 g/mol. The zero-order valence-electron chi connectivity index (χ0n) is 12.9. The molecule has 2 N–H and O–H groups in total. The monoisotopic (exact) mass is 276 g/mol. The maximum absolute atomic E-state index is 6.22. The van der Waals surface area contributed by atoms with E-state index in [1.165, 1.54) is 31.2 Å². The Morgan fingerprint density at radius 3 is 2.70 bits per heavy atom. The molecule has 1 aromatic heterocycles. The lowest BCUT2D eigenvalue weighted by molar-refractivity contribution is -0.0817. The van der Waals surface area contributed by atoms with Gasteiger partial charge in [-0.3, -0.25) is 4.98 Å². The highest BCUT2D eigenvalue weighted by molar-refractivity contribution is 5.15. The largest absolute Gasteiger partial charge is 0.369 e. The summed E-state index contributed by atoms with van der Waals surface area (Å²) in [4.78, 5) is 4.22. The van der Waals surface area contributed by atoms with Crippen LogP contribution in [0.2, 0.25) is 0 Å². The minimum absolute atomic E-state index is 0.103. The molecule has 1 aliphatic carbocycles. The Labute approximate surface area is 122 Å². The molecule has 1 saturated carbocycles. The zero-order valence-corrected chi connectivity index (χ0v) is 12.9. The highest BCUT2D eigenvalue weighted by Crippen LogP contribution is 2.36. The molecule has 0 spiro atoms. The van der Waals surface area contributed by atoms with Gasteiger partial charge >= 0.3 is 0 Å². The summed E-state index contributed by atoms with van der Waals surface area (Å²) in [6.07, 6.45) is 11.1. The Bertz CT molecular complexity index is 411. The molecule has 20 heavy (non-hydrogen) atoms. The lowest BCUT2D eigenvalue weighted by Crippen LogP contribution is -2.43. The maximum atomic E-state index is 6.22. The maximum Gasteiger partial charge on any atom is 0.0808 e. The lowest BCUT2D eigenvalue weighted by Gasteiger charge is -2.39. The summed E-state index contributed by atoms with van der Waals surface area (Å²) in [6, 6.07) is 2.14. The van der Waals surface area contributed by atoms with Crippen molar-refractivity contribution in [2.24, 2.45) is 11.7 Å². The number of nitrogens with two attached hydrogens (primary N) is 1. The van der Waals surface area contributed by atoms with Gasteiger partial charge in [-0.25, -0.2) is 0 Å². The number of rotatable bonds is 6. The second kappa shape index (κ2) is 7.19. The van der Waals surface area contributed by atoms with Gasteiger partial charge in [-0.1, -0.05) is 25.8 Å².